The summed E-state index contributed by atoms with van der Waals surface area (Å²) in [6.45, 7) is 0.635. The molecule has 3 rings (SSSR count). The van der Waals surface area contributed by atoms with Crippen molar-refractivity contribution < 1.29 is 9.15 Å². The van der Waals surface area contributed by atoms with Crippen LogP contribution < -0.4 is 10.5 Å². The van der Waals surface area contributed by atoms with Crippen LogP contribution in [-0.2, 0) is 13.0 Å². The number of methoxy groups -OCH3 is 1. The highest BCUT2D eigenvalue weighted by Crippen LogP contribution is 2.22. The lowest BCUT2D eigenvalue weighted by atomic mass is 10.3. The normalized spacial score (nSPS) is 11.0. The van der Waals surface area contributed by atoms with Crippen LogP contribution in [0, 0.1) is 0 Å². The van der Waals surface area contributed by atoms with Gasteiger partial charge in [-0.3, -0.25) is 4.57 Å². The summed E-state index contributed by atoms with van der Waals surface area (Å²) in [5, 5.41) is 0. The van der Waals surface area contributed by atoms with Gasteiger partial charge in [0.25, 0.3) is 0 Å². The van der Waals surface area contributed by atoms with Gasteiger partial charge < -0.3 is 14.9 Å². The molecule has 0 fully saturated rings. The van der Waals surface area contributed by atoms with Gasteiger partial charge in [0.2, 0.25) is 11.8 Å². The van der Waals surface area contributed by atoms with Crippen molar-refractivity contribution in [1.82, 2.24) is 19.5 Å². The van der Waals surface area contributed by atoms with Gasteiger partial charge in [0.15, 0.2) is 11.2 Å². The van der Waals surface area contributed by atoms with Crippen molar-refractivity contribution in [2.24, 2.45) is 0 Å². The number of furan rings is 1. The number of hydrogen-bond acceptors (Lipinski definition) is 6. The molecule has 3 aromatic heterocycles. The zero-order valence-electron chi connectivity index (χ0n) is 10.4. The van der Waals surface area contributed by atoms with E-state index >= 15 is 0 Å². The van der Waals surface area contributed by atoms with Gasteiger partial charge in [-0.25, -0.2) is 9.97 Å². The van der Waals surface area contributed by atoms with E-state index in [2.05, 4.69) is 15.0 Å². The molecule has 3 aromatic rings. The Morgan fingerprint density at radius 2 is 2.32 bits per heavy atom. The van der Waals surface area contributed by atoms with Crippen molar-refractivity contribution in [2.75, 3.05) is 12.8 Å². The molecule has 0 bridgehead atoms. The number of nitrogens with two attached hydrogens (primary N) is 1. The molecule has 7 nitrogen and oxygen atoms in total. The number of hydrogen-bond donors (Lipinski definition) is 1. The van der Waals surface area contributed by atoms with Gasteiger partial charge in [-0.15, -0.1) is 0 Å². The monoisotopic (exact) mass is 259 g/mol. The Bertz CT molecular complexity index is 690. The number of fused-ring (bicyclic) bond motifs is 1. The zero-order chi connectivity index (χ0) is 13.2. The van der Waals surface area contributed by atoms with Crippen molar-refractivity contribution in [3.63, 3.8) is 0 Å². The molecule has 0 aliphatic carbocycles. The third kappa shape index (κ3) is 1.99. The highest BCUT2D eigenvalue weighted by Gasteiger charge is 2.14. The number of ether oxygens (including phenoxy) is 1. The van der Waals surface area contributed by atoms with Crippen LogP contribution in [0.2, 0.25) is 0 Å². The second-order valence-corrected chi connectivity index (χ2v) is 4.01. The Labute approximate surface area is 109 Å². The highest BCUT2D eigenvalue weighted by atomic mass is 16.5. The number of rotatable bonds is 4. The van der Waals surface area contributed by atoms with E-state index in [1.165, 1.54) is 6.33 Å². The summed E-state index contributed by atoms with van der Waals surface area (Å²) in [7, 11) is 1.54. The van der Waals surface area contributed by atoms with Crippen molar-refractivity contribution in [2.45, 2.75) is 13.0 Å². The van der Waals surface area contributed by atoms with Gasteiger partial charge in [0.05, 0.1) is 13.4 Å². The van der Waals surface area contributed by atoms with Crippen LogP contribution in [0.1, 0.15) is 5.76 Å². The van der Waals surface area contributed by atoms with E-state index in [-0.39, 0.29) is 0 Å². The topological polar surface area (TPSA) is 92.0 Å². The summed E-state index contributed by atoms with van der Waals surface area (Å²) in [5.74, 6) is 1.70. The van der Waals surface area contributed by atoms with E-state index < -0.39 is 0 Å². The molecule has 7 heteroatoms. The predicted molar refractivity (Wildman–Crippen MR) is 68.7 cm³/mol. The molecule has 0 radical (unpaired) electrons. The van der Waals surface area contributed by atoms with Crippen molar-refractivity contribution in [3.05, 3.63) is 30.5 Å². The lowest BCUT2D eigenvalue weighted by Crippen LogP contribution is -2.06. The maximum Gasteiger partial charge on any atom is 0.245 e. The Balaban J connectivity index is 1.96. The maximum atomic E-state index is 5.91. The first-order valence-electron chi connectivity index (χ1n) is 5.82. The first kappa shape index (κ1) is 11.5. The molecule has 19 heavy (non-hydrogen) atoms. The standard InChI is InChI=1S/C12H13N5O2/c1-18-11-9-10(14-7-15-11)17(12(13)16-9)5-4-8-3-2-6-19-8/h2-3,6-7H,4-5H2,1H3,(H2,13,16). The molecule has 98 valence electrons. The minimum absolute atomic E-state index is 0.389. The molecular weight excluding hydrogens is 246 g/mol. The summed E-state index contributed by atoms with van der Waals surface area (Å²) in [6.07, 6.45) is 3.80. The number of nitrogens with zero attached hydrogens (tertiary/aromatic N) is 4. The van der Waals surface area contributed by atoms with E-state index in [1.54, 1.807) is 13.4 Å². The van der Waals surface area contributed by atoms with E-state index in [9.17, 15) is 0 Å². The fraction of sp³-hybridized carbons (Fsp3) is 0.250. The SMILES string of the molecule is COc1ncnc2c1nc(N)n2CCc1ccco1. The van der Waals surface area contributed by atoms with Gasteiger partial charge in [0, 0.05) is 13.0 Å². The molecule has 0 saturated carbocycles. The smallest absolute Gasteiger partial charge is 0.245 e. The van der Waals surface area contributed by atoms with E-state index in [1.807, 2.05) is 16.7 Å². The third-order valence-corrected chi connectivity index (χ3v) is 2.88. The van der Waals surface area contributed by atoms with Crippen molar-refractivity contribution in [3.8, 4) is 5.88 Å². The maximum absolute atomic E-state index is 5.91. The minimum atomic E-state index is 0.389. The fourth-order valence-corrected chi connectivity index (χ4v) is 1.98. The molecule has 0 saturated heterocycles. The number of anilines is 1. The lowest BCUT2D eigenvalue weighted by Gasteiger charge is -2.04. The Kier molecular flexibility index (Phi) is 2.79. The molecule has 2 N–H and O–H groups in total. The van der Waals surface area contributed by atoms with Gasteiger partial charge in [0.1, 0.15) is 12.1 Å². The second-order valence-electron chi connectivity index (χ2n) is 4.01. The first-order valence-corrected chi connectivity index (χ1v) is 5.82. The Morgan fingerprint density at radius 3 is 3.05 bits per heavy atom. The highest BCUT2D eigenvalue weighted by molar-refractivity contribution is 5.78. The van der Waals surface area contributed by atoms with Crippen molar-refractivity contribution >= 4 is 17.1 Å². The van der Waals surface area contributed by atoms with Crippen LogP contribution in [0.15, 0.2) is 29.1 Å². The molecule has 0 unspecified atom stereocenters. The molecule has 0 atom stereocenters. The van der Waals surface area contributed by atoms with Gasteiger partial charge in [-0.2, -0.15) is 4.98 Å². The summed E-state index contributed by atoms with van der Waals surface area (Å²) in [6, 6.07) is 3.78. The second kappa shape index (κ2) is 4.60. The van der Waals surface area contributed by atoms with E-state index in [0.29, 0.717) is 29.5 Å². The summed E-state index contributed by atoms with van der Waals surface area (Å²) < 4.78 is 12.3. The Hall–Kier alpha value is -2.57. The molecule has 0 aliphatic rings. The number of aromatic nitrogens is 4. The average molecular weight is 259 g/mol. The predicted octanol–water partition coefficient (Wildman–Crippen LogP) is 1.25. The summed E-state index contributed by atoms with van der Waals surface area (Å²) >= 11 is 0. The minimum Gasteiger partial charge on any atom is -0.479 e. The zero-order valence-corrected chi connectivity index (χ0v) is 10.4. The van der Waals surface area contributed by atoms with Gasteiger partial charge in [-0.05, 0) is 12.1 Å². The van der Waals surface area contributed by atoms with Gasteiger partial charge in [-0.1, -0.05) is 0 Å². The van der Waals surface area contributed by atoms with Crippen LogP contribution in [0.4, 0.5) is 5.95 Å². The third-order valence-electron chi connectivity index (χ3n) is 2.88. The van der Waals surface area contributed by atoms with Crippen LogP contribution in [0.5, 0.6) is 5.88 Å². The lowest BCUT2D eigenvalue weighted by molar-refractivity contribution is 0.401. The number of aryl methyl sites for hydroxylation is 2. The van der Waals surface area contributed by atoms with Crippen LogP contribution in [-0.4, -0.2) is 26.6 Å². The van der Waals surface area contributed by atoms with Crippen molar-refractivity contribution in [1.29, 1.82) is 0 Å². The fourth-order valence-electron chi connectivity index (χ4n) is 1.98. The average Bonchev–Trinajstić information content (AvgIpc) is 3.03. The largest absolute Gasteiger partial charge is 0.479 e. The van der Waals surface area contributed by atoms with E-state index in [4.69, 9.17) is 14.9 Å². The molecule has 0 aliphatic heterocycles. The van der Waals surface area contributed by atoms with E-state index in [0.717, 1.165) is 12.2 Å². The summed E-state index contributed by atoms with van der Waals surface area (Å²) in [4.78, 5) is 12.5. The van der Waals surface area contributed by atoms with Crippen LogP contribution in [0.3, 0.4) is 0 Å². The molecule has 0 spiro atoms. The number of imidazole rings is 1. The van der Waals surface area contributed by atoms with Crippen LogP contribution >= 0.6 is 0 Å². The summed E-state index contributed by atoms with van der Waals surface area (Å²) in [5.41, 5.74) is 7.15. The molecule has 0 aromatic carbocycles. The van der Waals surface area contributed by atoms with Crippen LogP contribution in [0.25, 0.3) is 11.2 Å². The Morgan fingerprint density at radius 1 is 1.42 bits per heavy atom. The molecular formula is C12H13N5O2. The molecule has 3 heterocycles. The van der Waals surface area contributed by atoms with Gasteiger partial charge >= 0.3 is 0 Å². The number of nitrogen functional groups attached to an aromatic ring is 1. The molecule has 0 amide bonds. The quantitative estimate of drug-likeness (QED) is 0.758. The first-order chi connectivity index (χ1) is 9.29.